The maximum atomic E-state index is 10.9. The molecule has 0 saturated heterocycles. The van der Waals surface area contributed by atoms with E-state index in [9.17, 15) is 4.79 Å². The van der Waals surface area contributed by atoms with Gasteiger partial charge in [-0.25, -0.2) is 4.79 Å². The Morgan fingerprint density at radius 1 is 1.53 bits per heavy atom. The number of nitrogen functional groups attached to an aromatic ring is 1. The number of ether oxygens (including phenoxy) is 1. The first-order valence-electron chi connectivity index (χ1n) is 6.49. The zero-order valence-electron chi connectivity index (χ0n) is 11.1. The van der Waals surface area contributed by atoms with Gasteiger partial charge in [-0.05, 0) is 37.0 Å². The second kappa shape index (κ2) is 5.93. The lowest BCUT2D eigenvalue weighted by molar-refractivity contribution is 0.0698. The molecule has 0 amide bonds. The van der Waals surface area contributed by atoms with Gasteiger partial charge in [0.1, 0.15) is 0 Å². The van der Waals surface area contributed by atoms with E-state index in [1.54, 1.807) is 12.1 Å². The van der Waals surface area contributed by atoms with Crippen LogP contribution in [0.15, 0.2) is 18.2 Å². The van der Waals surface area contributed by atoms with E-state index < -0.39 is 5.97 Å². The van der Waals surface area contributed by atoms with Crippen LogP contribution in [-0.4, -0.2) is 37.9 Å². The average molecular weight is 264 g/mol. The van der Waals surface area contributed by atoms with Gasteiger partial charge in [0.2, 0.25) is 0 Å². The molecule has 1 aromatic rings. The fraction of sp³-hybridized carbons (Fsp3) is 0.500. The molecule has 104 valence electrons. The lowest BCUT2D eigenvalue weighted by Gasteiger charge is -2.20. The summed E-state index contributed by atoms with van der Waals surface area (Å²) in [5.41, 5.74) is 7.05. The Hall–Kier alpha value is -1.75. The molecular weight excluding hydrogens is 244 g/mol. The Bertz CT molecular complexity index is 458. The molecular formula is C14H20N2O3. The fourth-order valence-electron chi connectivity index (χ4n) is 1.85. The first kappa shape index (κ1) is 13.7. The highest BCUT2D eigenvalue weighted by Gasteiger charge is 2.21. The molecule has 0 aliphatic heterocycles. The predicted molar refractivity (Wildman–Crippen MR) is 74.6 cm³/mol. The molecule has 1 saturated carbocycles. The maximum absolute atomic E-state index is 10.9. The number of hydrogen-bond acceptors (Lipinski definition) is 4. The fourth-order valence-corrected chi connectivity index (χ4v) is 1.85. The number of rotatable bonds is 7. The standard InChI is InChI=1S/C14H20N2O3/c1-16(6-7-19-9-10-2-3-10)11-4-5-12(14(17)18)13(15)8-11/h4-5,8,10H,2-3,6-7,9,15H2,1H3,(H,17,18). The smallest absolute Gasteiger partial charge is 0.337 e. The molecule has 5 nitrogen and oxygen atoms in total. The van der Waals surface area contributed by atoms with E-state index in [1.165, 1.54) is 18.9 Å². The van der Waals surface area contributed by atoms with Crippen molar-refractivity contribution in [3.63, 3.8) is 0 Å². The van der Waals surface area contributed by atoms with Crippen LogP contribution in [0.1, 0.15) is 23.2 Å². The third kappa shape index (κ3) is 3.86. The van der Waals surface area contributed by atoms with Gasteiger partial charge in [0.15, 0.2) is 0 Å². The second-order valence-electron chi connectivity index (χ2n) is 5.02. The third-order valence-corrected chi connectivity index (χ3v) is 3.33. The van der Waals surface area contributed by atoms with Gasteiger partial charge in [0.05, 0.1) is 12.2 Å². The number of anilines is 2. The summed E-state index contributed by atoms with van der Waals surface area (Å²) in [5, 5.41) is 8.91. The summed E-state index contributed by atoms with van der Waals surface area (Å²) in [4.78, 5) is 12.9. The Balaban J connectivity index is 1.85. The molecule has 1 aliphatic rings. The molecule has 0 unspecified atom stereocenters. The number of hydrogen-bond donors (Lipinski definition) is 2. The van der Waals surface area contributed by atoms with Crippen LogP contribution in [0.2, 0.25) is 0 Å². The highest BCUT2D eigenvalue weighted by molar-refractivity contribution is 5.94. The van der Waals surface area contributed by atoms with Crippen LogP contribution in [0.3, 0.4) is 0 Å². The van der Waals surface area contributed by atoms with Crippen molar-refractivity contribution >= 4 is 17.3 Å². The molecule has 0 aromatic heterocycles. The van der Waals surface area contributed by atoms with Crippen molar-refractivity contribution in [3.05, 3.63) is 23.8 Å². The Morgan fingerprint density at radius 3 is 2.84 bits per heavy atom. The van der Waals surface area contributed by atoms with Crippen molar-refractivity contribution in [2.45, 2.75) is 12.8 Å². The number of carbonyl (C=O) groups is 1. The summed E-state index contributed by atoms with van der Waals surface area (Å²) in [5.74, 6) is -0.227. The first-order chi connectivity index (χ1) is 9.08. The minimum atomic E-state index is -1.00. The summed E-state index contributed by atoms with van der Waals surface area (Å²) in [6.45, 7) is 2.29. The Kier molecular flexibility index (Phi) is 4.27. The van der Waals surface area contributed by atoms with Gasteiger partial charge in [0, 0.05) is 31.6 Å². The average Bonchev–Trinajstić information content (AvgIpc) is 3.17. The molecule has 0 radical (unpaired) electrons. The largest absolute Gasteiger partial charge is 0.478 e. The zero-order valence-corrected chi connectivity index (χ0v) is 11.1. The lowest BCUT2D eigenvalue weighted by atomic mass is 10.1. The molecule has 0 bridgehead atoms. The van der Waals surface area contributed by atoms with Crippen molar-refractivity contribution in [3.8, 4) is 0 Å². The number of carboxylic acid groups (broad SMARTS) is 1. The monoisotopic (exact) mass is 264 g/mol. The highest BCUT2D eigenvalue weighted by Crippen LogP contribution is 2.28. The topological polar surface area (TPSA) is 75.8 Å². The number of likely N-dealkylation sites (N-methyl/N-ethyl adjacent to an activating group) is 1. The number of aromatic carboxylic acids is 1. The number of nitrogens with two attached hydrogens (primary N) is 1. The Morgan fingerprint density at radius 2 is 2.26 bits per heavy atom. The quantitative estimate of drug-likeness (QED) is 0.580. The molecule has 1 fully saturated rings. The normalized spacial score (nSPS) is 14.4. The summed E-state index contributed by atoms with van der Waals surface area (Å²) in [6, 6.07) is 4.99. The number of benzene rings is 1. The molecule has 3 N–H and O–H groups in total. The van der Waals surface area contributed by atoms with Gasteiger partial charge >= 0.3 is 5.97 Å². The third-order valence-electron chi connectivity index (χ3n) is 3.33. The predicted octanol–water partition coefficient (Wildman–Crippen LogP) is 1.83. The van der Waals surface area contributed by atoms with Gasteiger partial charge in [-0.3, -0.25) is 0 Å². The molecule has 2 rings (SSSR count). The van der Waals surface area contributed by atoms with Crippen molar-refractivity contribution < 1.29 is 14.6 Å². The summed E-state index contributed by atoms with van der Waals surface area (Å²) >= 11 is 0. The van der Waals surface area contributed by atoms with E-state index in [2.05, 4.69) is 0 Å². The summed E-state index contributed by atoms with van der Waals surface area (Å²) in [6.07, 6.45) is 2.59. The highest BCUT2D eigenvalue weighted by atomic mass is 16.5. The van der Waals surface area contributed by atoms with Gasteiger partial charge in [0.25, 0.3) is 0 Å². The molecule has 1 aromatic carbocycles. The van der Waals surface area contributed by atoms with E-state index in [0.29, 0.717) is 6.61 Å². The van der Waals surface area contributed by atoms with Crippen molar-refractivity contribution in [1.82, 2.24) is 0 Å². The van der Waals surface area contributed by atoms with E-state index in [4.69, 9.17) is 15.6 Å². The lowest BCUT2D eigenvalue weighted by Crippen LogP contribution is -2.23. The molecule has 0 atom stereocenters. The van der Waals surface area contributed by atoms with E-state index in [-0.39, 0.29) is 11.3 Å². The molecule has 1 aliphatic carbocycles. The summed E-state index contributed by atoms with van der Waals surface area (Å²) in [7, 11) is 1.94. The van der Waals surface area contributed by atoms with Gasteiger partial charge in [-0.1, -0.05) is 0 Å². The first-order valence-corrected chi connectivity index (χ1v) is 6.49. The molecule has 19 heavy (non-hydrogen) atoms. The minimum absolute atomic E-state index is 0.141. The minimum Gasteiger partial charge on any atom is -0.478 e. The maximum Gasteiger partial charge on any atom is 0.337 e. The van der Waals surface area contributed by atoms with Gasteiger partial charge < -0.3 is 20.5 Å². The van der Waals surface area contributed by atoms with Gasteiger partial charge in [-0.2, -0.15) is 0 Å². The Labute approximate surface area is 113 Å². The van der Waals surface area contributed by atoms with Crippen LogP contribution in [0.5, 0.6) is 0 Å². The van der Waals surface area contributed by atoms with E-state index in [1.807, 2.05) is 11.9 Å². The number of nitrogens with zero attached hydrogens (tertiary/aromatic N) is 1. The summed E-state index contributed by atoms with van der Waals surface area (Å²) < 4.78 is 5.57. The van der Waals surface area contributed by atoms with Crippen LogP contribution >= 0.6 is 0 Å². The van der Waals surface area contributed by atoms with Crippen LogP contribution in [-0.2, 0) is 4.74 Å². The van der Waals surface area contributed by atoms with Crippen LogP contribution in [0.4, 0.5) is 11.4 Å². The van der Waals surface area contributed by atoms with Gasteiger partial charge in [-0.15, -0.1) is 0 Å². The number of carboxylic acids is 1. The molecule has 0 heterocycles. The van der Waals surface area contributed by atoms with E-state index in [0.717, 1.165) is 24.8 Å². The molecule has 5 heteroatoms. The van der Waals surface area contributed by atoms with Crippen molar-refractivity contribution in [2.24, 2.45) is 5.92 Å². The van der Waals surface area contributed by atoms with Crippen LogP contribution < -0.4 is 10.6 Å². The van der Waals surface area contributed by atoms with E-state index >= 15 is 0 Å². The SMILES string of the molecule is CN(CCOCC1CC1)c1ccc(C(=O)O)c(N)c1. The van der Waals surface area contributed by atoms with Crippen LogP contribution in [0.25, 0.3) is 0 Å². The van der Waals surface area contributed by atoms with Crippen molar-refractivity contribution in [2.75, 3.05) is 37.4 Å². The van der Waals surface area contributed by atoms with Crippen molar-refractivity contribution in [1.29, 1.82) is 0 Å². The zero-order chi connectivity index (χ0) is 13.8. The van der Waals surface area contributed by atoms with Crippen LogP contribution in [0, 0.1) is 5.92 Å². The molecule has 0 spiro atoms. The second-order valence-corrected chi connectivity index (χ2v) is 5.02.